The molecule has 0 radical (unpaired) electrons. The standard InChI is InChI=1S/2C17H29N2O6P.C14H22N2O6.C14H20N2O6.C13H20N2O6.C8H14O.CH4O/c2*1-10-9-19(17(21)18-15(10)20)16-14(24-8-7-23-4)11(2)13(25-16)12(3)26(5,6)22;2*1-8-6-16(14(19)15-12(8)18)13-11(21-5-4-20-3)9(2)10(7-17)22-13;1-7-6-15(13(18)14-11(7)17)12-10(20-5-4-19-3)9(16)8(2)21-12;1-4-8-7(3)6(2)5-9-8;1-2/h2*9,11-14,16H,7-8H2,1-6H3,(H,18,20,21);6,9-11,13,17H,4-5,7H2,1-3H3,(H,15,18,19);6-7,9-11,13H,4-5H2,1-3H3,(H,15,18,19);6,8-10,12,16H,4-5H2,1-3H3,(H,14,17,18);4,6-8H,1,5H2,2-3H3;2H,1H3/t11-,12+,13+,14-,16-;11-,12-,13+,14-,16-;2*9-,10-,11-,13-;8-,9-,10-,12-;6-,7-,8+;/m111110./s1/i;;;;2D;5T;2T/t;;;;m;5-,6+,7+,8-;/m....11.. The molecule has 6 aliphatic heterocycles. The number of aliphatic hydroxyl groups is 3. The molecule has 6 saturated heterocycles. The first kappa shape index (κ1) is 106. The Labute approximate surface area is 746 Å². The minimum atomic E-state index is -2.40. The second-order valence-corrected chi connectivity index (χ2v) is 40.3. The van der Waals surface area contributed by atoms with Crippen molar-refractivity contribution in [1.29, 1.82) is 1.43 Å². The highest BCUT2D eigenvalue weighted by molar-refractivity contribution is 7.63. The van der Waals surface area contributed by atoms with Gasteiger partial charge in [0.1, 0.15) is 49.0 Å². The molecule has 726 valence electrons. The highest BCUT2D eigenvalue weighted by Crippen LogP contribution is 2.52. The van der Waals surface area contributed by atoms with Gasteiger partial charge >= 0.3 is 28.4 Å². The molecule has 5 aromatic heterocycles. The highest BCUT2D eigenvalue weighted by Gasteiger charge is 2.52. The van der Waals surface area contributed by atoms with Crippen molar-refractivity contribution in [1.82, 2.24) is 47.8 Å². The highest BCUT2D eigenvalue weighted by atomic mass is 31.2. The summed E-state index contributed by atoms with van der Waals surface area (Å²) in [7, 11) is 4.31. The largest absolute Gasteiger partial charge is 0.400 e. The van der Waals surface area contributed by atoms with Crippen LogP contribution in [0.5, 0.6) is 0 Å². The van der Waals surface area contributed by atoms with Gasteiger partial charge in [-0.05, 0) is 80.0 Å². The molecule has 128 heavy (non-hydrogen) atoms. The number of aliphatic hydroxyl groups excluding tert-OH is 3. The van der Waals surface area contributed by atoms with Gasteiger partial charge in [0, 0.05) is 138 Å². The van der Waals surface area contributed by atoms with Crippen molar-refractivity contribution < 1.29 is 108 Å². The fourth-order valence-electron chi connectivity index (χ4n) is 14.7. The number of nitrogens with one attached hydrogen (secondary N) is 5. The van der Waals surface area contributed by atoms with Gasteiger partial charge in [0.2, 0.25) is 1.43 Å². The fourth-order valence-corrected chi connectivity index (χ4v) is 16.8. The van der Waals surface area contributed by atoms with Gasteiger partial charge in [-0.2, -0.15) is 0 Å². The van der Waals surface area contributed by atoms with Gasteiger partial charge in [-0.25, -0.2) is 24.0 Å². The average Bonchev–Trinajstić information content (AvgIpc) is 1.72. The number of hydrogen-bond donors (Lipinski definition) is 8. The van der Waals surface area contributed by atoms with E-state index in [1.54, 1.807) is 95.8 Å². The summed E-state index contributed by atoms with van der Waals surface area (Å²) in [4.78, 5) is 141. The maximum absolute atomic E-state index is 12.6. The second kappa shape index (κ2) is 52.1. The lowest BCUT2D eigenvalue weighted by molar-refractivity contribution is -0.122. The quantitative estimate of drug-likeness (QED) is 0.0133. The lowest BCUT2D eigenvalue weighted by atomic mass is 9.95. The van der Waals surface area contributed by atoms with Crippen LogP contribution in [0, 0.1) is 70.1 Å². The van der Waals surface area contributed by atoms with Crippen LogP contribution in [-0.2, 0) is 89.7 Å². The van der Waals surface area contributed by atoms with Crippen LogP contribution < -0.4 is 56.2 Å². The SMILES string of the molecule is COCCO[C@@H]1[C@H](C)[C@@H](C=O)O[C@H]1n1cc(C)c(=O)[nH]c1=O.COCCO[C@@H]1[C@H](C)[C@@H](CO)O[C@H]1n1cc(C)c(=O)[nH]c1=O.COCCO[C@@H]1[C@H](C)[C@@H]([C@@H](C)P(C)(C)=O)O[C@H]1n1cc(C)c(=O)[nH]c1=O.COCCO[C@@H]1[C@H](C)[C@@H]([C@H](C)P(C)(C)=O)O[C@H]1n1cc(C)c(=O)[nH]c1=O.[2H]C[C@H]1O[C@@H](n2cc(C)c(=O)[nH]c2=O)[C@H](OCCOC)[C@@H]1O.[3H]OC.[3H][C@H]1O[C@H](C=C)[C@@H](C)[C@H]1C. The lowest BCUT2D eigenvalue weighted by Gasteiger charge is -2.26. The number of aryl methyl sites for hydroxylation is 5. The Balaban J connectivity index is 0.000000280. The Kier molecular flexibility index (Phi) is 43.1. The van der Waals surface area contributed by atoms with Crippen molar-refractivity contribution in [2.75, 3.05) is 149 Å². The molecule has 0 aromatic carbocycles. The first-order valence-corrected chi connectivity index (χ1v) is 47.3. The number of aromatic amines is 5. The molecular formula is C84H138N10O32P2. The minimum Gasteiger partial charge on any atom is -0.400 e. The van der Waals surface area contributed by atoms with Gasteiger partial charge in [-0.1, -0.05) is 61.5 Å². The minimum absolute atomic E-state index is 0.0841. The zero-order valence-corrected chi connectivity index (χ0v) is 79.3. The van der Waals surface area contributed by atoms with E-state index in [0.29, 0.717) is 105 Å². The number of methoxy groups -OCH3 is 5. The molecule has 5 aromatic rings. The smallest absolute Gasteiger partial charge is 0.330 e. The Hall–Kier alpha value is -7.49. The maximum atomic E-state index is 12.6. The van der Waals surface area contributed by atoms with Gasteiger partial charge in [0.05, 0.1) is 125 Å². The molecule has 8 N–H and O–H groups in total. The van der Waals surface area contributed by atoms with E-state index < -0.39 is 157 Å². The first-order chi connectivity index (χ1) is 61.7. The number of nitrogens with zero attached hydrogens (tertiary/aromatic N) is 5. The summed E-state index contributed by atoms with van der Waals surface area (Å²) >= 11 is 0. The molecular weight excluding hydrogens is 1720 g/mol. The van der Waals surface area contributed by atoms with Crippen LogP contribution >= 0.6 is 14.3 Å². The zero-order chi connectivity index (χ0) is 98.5. The van der Waals surface area contributed by atoms with Gasteiger partial charge in [-0.3, -0.25) is 71.7 Å². The summed E-state index contributed by atoms with van der Waals surface area (Å²) in [6.07, 6.45) is -0.184. The van der Waals surface area contributed by atoms with Crippen LogP contribution in [0.25, 0.3) is 0 Å². The third-order valence-corrected chi connectivity index (χ3v) is 27.7. The fraction of sp³-hybridized carbons (Fsp3) is 0.726. The number of rotatable bonds is 32. The Bertz CT molecular complexity index is 4910. The first-order valence-electron chi connectivity index (χ1n) is 43.6. The number of carbonyl (C=O) groups is 1. The summed E-state index contributed by atoms with van der Waals surface area (Å²) in [6, 6.07) is 0. The molecule has 6 fully saturated rings. The Morgan fingerprint density at radius 3 is 1.02 bits per heavy atom. The van der Waals surface area contributed by atoms with Gasteiger partial charge in [0.15, 0.2) is 31.1 Å². The van der Waals surface area contributed by atoms with E-state index in [1.165, 1.54) is 68.0 Å². The predicted octanol–water partition coefficient (Wildman–Crippen LogP) is 2.46. The normalized spacial score (nSPS) is 29.6. The van der Waals surface area contributed by atoms with E-state index in [4.69, 9.17) is 80.0 Å². The summed E-state index contributed by atoms with van der Waals surface area (Å²) in [6.45, 7) is 37.0. The second-order valence-electron chi connectivity index (χ2n) is 32.9. The third kappa shape index (κ3) is 29.3. The van der Waals surface area contributed by atoms with Crippen LogP contribution in [-0.4, -0.2) is 304 Å². The Morgan fingerprint density at radius 2 is 0.758 bits per heavy atom. The number of aldehydes is 1. The molecule has 0 aliphatic carbocycles. The van der Waals surface area contributed by atoms with Crippen molar-refractivity contribution in [3.8, 4) is 0 Å². The topological polar surface area (TPSA) is 534 Å². The number of ether oxygens (including phenoxy) is 16. The molecule has 6 aliphatic rings. The van der Waals surface area contributed by atoms with Gasteiger partial charge in [0.25, 0.3) is 27.8 Å². The van der Waals surface area contributed by atoms with Gasteiger partial charge in [-0.15, -0.1) is 6.58 Å². The molecule has 42 nitrogen and oxygen atoms in total. The Morgan fingerprint density at radius 1 is 0.477 bits per heavy atom. The summed E-state index contributed by atoms with van der Waals surface area (Å²) < 4.78 is 140. The van der Waals surface area contributed by atoms with Crippen LogP contribution in [0.4, 0.5) is 0 Å². The summed E-state index contributed by atoms with van der Waals surface area (Å²) in [5.41, 5.74) is -3.57. The number of carbonyl (C=O) groups excluding carboxylic acids is 1. The van der Waals surface area contributed by atoms with Crippen molar-refractivity contribution >= 4 is 20.6 Å². The predicted molar refractivity (Wildman–Crippen MR) is 474 cm³/mol. The number of hydrogen-bond acceptors (Lipinski definition) is 32. The van der Waals surface area contributed by atoms with E-state index in [2.05, 4.69) is 43.5 Å². The molecule has 0 amide bonds. The molecule has 0 unspecified atom stereocenters. The van der Waals surface area contributed by atoms with Crippen LogP contribution in [0.15, 0.2) is 91.6 Å². The molecule has 11 heterocycles. The molecule has 0 spiro atoms. The van der Waals surface area contributed by atoms with Crippen molar-refractivity contribution in [3.63, 3.8) is 0 Å². The lowest BCUT2D eigenvalue weighted by Crippen LogP contribution is -2.40. The van der Waals surface area contributed by atoms with Crippen LogP contribution in [0.3, 0.4) is 0 Å². The van der Waals surface area contributed by atoms with Crippen LogP contribution in [0.1, 0.15) is 124 Å². The van der Waals surface area contributed by atoms with E-state index in [0.717, 1.165) is 0 Å². The van der Waals surface area contributed by atoms with E-state index in [-0.39, 0.29) is 80.0 Å². The molecule has 0 bridgehead atoms. The zero-order valence-electron chi connectivity index (χ0n) is 80.5. The number of aromatic nitrogens is 10. The van der Waals surface area contributed by atoms with E-state index >= 15 is 0 Å². The maximum Gasteiger partial charge on any atom is 0.330 e. The third-order valence-electron chi connectivity index (χ3n) is 23.2. The van der Waals surface area contributed by atoms with Crippen molar-refractivity contribution in [3.05, 3.63) is 176 Å². The van der Waals surface area contributed by atoms with Gasteiger partial charge < -0.3 is 105 Å². The number of H-pyrrole nitrogens is 5. The molecule has 44 heteroatoms. The van der Waals surface area contributed by atoms with Crippen LogP contribution in [0.2, 0.25) is 0 Å². The monoisotopic (exact) mass is 1870 g/mol. The summed E-state index contributed by atoms with van der Waals surface area (Å²) in [5, 5.41) is 23.1. The summed E-state index contributed by atoms with van der Waals surface area (Å²) in [5.74, 6) is 0.283. The average molecular weight is 1870 g/mol. The van der Waals surface area contributed by atoms with Crippen molar-refractivity contribution in [2.24, 2.45) is 35.5 Å². The molecule has 11 rings (SSSR count). The molecule has 0 saturated carbocycles. The molecule has 26 atom stereocenters. The van der Waals surface area contributed by atoms with E-state index in [1.807, 2.05) is 48.5 Å². The van der Waals surface area contributed by atoms with Crippen molar-refractivity contribution in [2.45, 2.75) is 213 Å². The van der Waals surface area contributed by atoms with E-state index in [9.17, 15) is 72.1 Å².